The van der Waals surface area contributed by atoms with Gasteiger partial charge in [-0.3, -0.25) is 0 Å². The van der Waals surface area contributed by atoms with Crippen molar-refractivity contribution in [2.24, 2.45) is 0 Å². The van der Waals surface area contributed by atoms with Gasteiger partial charge in [-0.2, -0.15) is 4.98 Å². The number of hydrogen-bond acceptors (Lipinski definition) is 5. The minimum Gasteiger partial charge on any atom is -0.478 e. The Hall–Kier alpha value is -1.36. The average molecular weight is 278 g/mol. The van der Waals surface area contributed by atoms with E-state index in [1.165, 1.54) is 19.3 Å². The largest absolute Gasteiger partial charge is 0.478 e. The number of nitrogens with one attached hydrogen (secondary N) is 1. The molecular formula is C15H26N4O. The molecule has 1 aliphatic rings. The van der Waals surface area contributed by atoms with Crippen LogP contribution < -0.4 is 15.0 Å². The summed E-state index contributed by atoms with van der Waals surface area (Å²) >= 11 is 0. The normalized spacial score (nSPS) is 18.6. The van der Waals surface area contributed by atoms with E-state index >= 15 is 0 Å². The molecule has 0 aliphatic carbocycles. The highest BCUT2D eigenvalue weighted by Gasteiger charge is 2.25. The molecule has 0 amide bonds. The van der Waals surface area contributed by atoms with Crippen LogP contribution in [0.25, 0.3) is 0 Å². The standard InChI is InChI=1S/C15H26N4O/c1-4-8-16-11-13-7-6-9-19(13)14-10-15(20-5-2)18-12(3)17-14/h10,13,16H,4-9,11H2,1-3H3. The van der Waals surface area contributed by atoms with Gasteiger partial charge in [-0.25, -0.2) is 4.98 Å². The molecular weight excluding hydrogens is 252 g/mol. The Morgan fingerprint density at radius 2 is 2.25 bits per heavy atom. The van der Waals surface area contributed by atoms with E-state index < -0.39 is 0 Å². The summed E-state index contributed by atoms with van der Waals surface area (Å²) < 4.78 is 5.53. The zero-order valence-electron chi connectivity index (χ0n) is 12.9. The molecule has 2 heterocycles. The summed E-state index contributed by atoms with van der Waals surface area (Å²) in [6.45, 7) is 9.91. The number of rotatable bonds is 7. The zero-order chi connectivity index (χ0) is 14.4. The lowest BCUT2D eigenvalue weighted by Crippen LogP contribution is -2.38. The highest BCUT2D eigenvalue weighted by molar-refractivity contribution is 5.44. The van der Waals surface area contributed by atoms with Crippen molar-refractivity contribution in [3.8, 4) is 5.88 Å². The first kappa shape index (κ1) is 15.0. The van der Waals surface area contributed by atoms with Gasteiger partial charge in [-0.1, -0.05) is 6.92 Å². The summed E-state index contributed by atoms with van der Waals surface area (Å²) in [5.74, 6) is 2.46. The molecule has 1 saturated heterocycles. The van der Waals surface area contributed by atoms with Crippen LogP contribution >= 0.6 is 0 Å². The minimum absolute atomic E-state index is 0.533. The van der Waals surface area contributed by atoms with Crippen molar-refractivity contribution in [3.05, 3.63) is 11.9 Å². The molecule has 0 bridgehead atoms. The maximum Gasteiger partial charge on any atom is 0.218 e. The first-order valence-electron chi connectivity index (χ1n) is 7.70. The summed E-state index contributed by atoms with van der Waals surface area (Å²) in [6, 6.07) is 2.50. The second-order valence-electron chi connectivity index (χ2n) is 5.24. The van der Waals surface area contributed by atoms with Crippen molar-refractivity contribution in [2.45, 2.75) is 46.1 Å². The maximum absolute atomic E-state index is 5.53. The lowest BCUT2D eigenvalue weighted by atomic mass is 10.2. The van der Waals surface area contributed by atoms with E-state index in [0.717, 1.165) is 31.3 Å². The number of nitrogens with zero attached hydrogens (tertiary/aromatic N) is 3. The van der Waals surface area contributed by atoms with E-state index in [2.05, 4.69) is 27.1 Å². The van der Waals surface area contributed by atoms with Gasteiger partial charge in [0, 0.05) is 25.2 Å². The van der Waals surface area contributed by atoms with E-state index in [-0.39, 0.29) is 0 Å². The highest BCUT2D eigenvalue weighted by atomic mass is 16.5. The van der Waals surface area contributed by atoms with Crippen LogP contribution in [-0.4, -0.2) is 42.3 Å². The SMILES string of the molecule is CCCNCC1CCCN1c1cc(OCC)nc(C)n1. The molecule has 1 atom stereocenters. The Bertz CT molecular complexity index is 424. The van der Waals surface area contributed by atoms with Gasteiger partial charge in [0.1, 0.15) is 11.6 Å². The first-order chi connectivity index (χ1) is 9.74. The van der Waals surface area contributed by atoms with Crippen LogP contribution in [-0.2, 0) is 0 Å². The number of hydrogen-bond donors (Lipinski definition) is 1. The molecule has 20 heavy (non-hydrogen) atoms. The van der Waals surface area contributed by atoms with Crippen molar-refractivity contribution < 1.29 is 4.74 Å². The van der Waals surface area contributed by atoms with Gasteiger partial charge in [0.2, 0.25) is 5.88 Å². The molecule has 5 heteroatoms. The van der Waals surface area contributed by atoms with Gasteiger partial charge >= 0.3 is 0 Å². The van der Waals surface area contributed by atoms with Crippen molar-refractivity contribution in [1.82, 2.24) is 15.3 Å². The molecule has 5 nitrogen and oxygen atoms in total. The van der Waals surface area contributed by atoms with E-state index in [9.17, 15) is 0 Å². The van der Waals surface area contributed by atoms with E-state index in [0.29, 0.717) is 18.5 Å². The lowest BCUT2D eigenvalue weighted by Gasteiger charge is -2.26. The molecule has 1 N–H and O–H groups in total. The lowest BCUT2D eigenvalue weighted by molar-refractivity contribution is 0.325. The van der Waals surface area contributed by atoms with Crippen LogP contribution in [0.4, 0.5) is 5.82 Å². The summed E-state index contributed by atoms with van der Waals surface area (Å²) in [6.07, 6.45) is 3.63. The van der Waals surface area contributed by atoms with E-state index in [1.54, 1.807) is 0 Å². The average Bonchev–Trinajstić information content (AvgIpc) is 2.87. The van der Waals surface area contributed by atoms with Crippen LogP contribution in [0.5, 0.6) is 5.88 Å². The molecule has 0 aromatic carbocycles. The molecule has 1 aromatic heterocycles. The van der Waals surface area contributed by atoms with Crippen molar-refractivity contribution >= 4 is 5.82 Å². The summed E-state index contributed by atoms with van der Waals surface area (Å²) in [7, 11) is 0. The third kappa shape index (κ3) is 3.82. The van der Waals surface area contributed by atoms with Crippen LogP contribution in [0.3, 0.4) is 0 Å². The summed E-state index contributed by atoms with van der Waals surface area (Å²) in [5, 5.41) is 3.51. The number of aryl methyl sites for hydroxylation is 1. The second-order valence-corrected chi connectivity index (χ2v) is 5.24. The van der Waals surface area contributed by atoms with Crippen molar-refractivity contribution in [3.63, 3.8) is 0 Å². The van der Waals surface area contributed by atoms with Crippen LogP contribution in [0, 0.1) is 6.92 Å². The predicted molar refractivity (Wildman–Crippen MR) is 81.5 cm³/mol. The Morgan fingerprint density at radius 3 is 3.00 bits per heavy atom. The van der Waals surface area contributed by atoms with Crippen LogP contribution in [0.1, 0.15) is 38.9 Å². The Morgan fingerprint density at radius 1 is 1.40 bits per heavy atom. The molecule has 0 saturated carbocycles. The molecule has 1 aromatic rings. The summed E-state index contributed by atoms with van der Waals surface area (Å²) in [4.78, 5) is 11.3. The zero-order valence-corrected chi connectivity index (χ0v) is 12.9. The molecule has 0 radical (unpaired) electrons. The van der Waals surface area contributed by atoms with Gasteiger partial charge in [0.25, 0.3) is 0 Å². The third-order valence-electron chi connectivity index (χ3n) is 3.57. The quantitative estimate of drug-likeness (QED) is 0.775. The second kappa shape index (κ2) is 7.43. The van der Waals surface area contributed by atoms with Crippen LogP contribution in [0.15, 0.2) is 6.07 Å². The molecule has 2 rings (SSSR count). The Balaban J connectivity index is 2.08. The van der Waals surface area contributed by atoms with Gasteiger partial charge in [0.05, 0.1) is 6.61 Å². The van der Waals surface area contributed by atoms with E-state index in [4.69, 9.17) is 4.74 Å². The number of ether oxygens (including phenoxy) is 1. The fraction of sp³-hybridized carbons (Fsp3) is 0.733. The van der Waals surface area contributed by atoms with Gasteiger partial charge < -0.3 is 15.0 Å². The molecule has 0 spiro atoms. The number of aromatic nitrogens is 2. The maximum atomic E-state index is 5.53. The van der Waals surface area contributed by atoms with Gasteiger partial charge in [0.15, 0.2) is 0 Å². The Kier molecular flexibility index (Phi) is 5.59. The first-order valence-corrected chi connectivity index (χ1v) is 7.70. The monoisotopic (exact) mass is 278 g/mol. The van der Waals surface area contributed by atoms with Crippen molar-refractivity contribution in [1.29, 1.82) is 0 Å². The molecule has 1 fully saturated rings. The summed E-state index contributed by atoms with van der Waals surface area (Å²) in [5.41, 5.74) is 0. The molecule has 1 aliphatic heterocycles. The smallest absolute Gasteiger partial charge is 0.218 e. The van der Waals surface area contributed by atoms with Crippen molar-refractivity contribution in [2.75, 3.05) is 31.1 Å². The fourth-order valence-electron chi connectivity index (χ4n) is 2.69. The molecule has 112 valence electrons. The predicted octanol–water partition coefficient (Wildman–Crippen LogP) is 2.15. The number of anilines is 1. The van der Waals surface area contributed by atoms with Gasteiger partial charge in [-0.15, -0.1) is 0 Å². The van der Waals surface area contributed by atoms with Crippen LogP contribution in [0.2, 0.25) is 0 Å². The highest BCUT2D eigenvalue weighted by Crippen LogP contribution is 2.26. The molecule has 1 unspecified atom stereocenters. The van der Waals surface area contributed by atoms with Gasteiger partial charge in [-0.05, 0) is 39.7 Å². The fourth-order valence-corrected chi connectivity index (χ4v) is 2.69. The Labute approximate surface area is 121 Å². The minimum atomic E-state index is 0.533. The third-order valence-corrected chi connectivity index (χ3v) is 3.57. The van der Waals surface area contributed by atoms with E-state index in [1.807, 2.05) is 19.9 Å². The topological polar surface area (TPSA) is 50.3 Å².